The van der Waals surface area contributed by atoms with Crippen LogP contribution in [0.4, 0.5) is 10.5 Å². The molecule has 0 aromatic heterocycles. The van der Waals surface area contributed by atoms with E-state index in [9.17, 15) is 4.79 Å². The number of carbonyl (C=O) groups excluding carboxylic acids is 1. The number of carbonyl (C=O) groups is 1. The first-order chi connectivity index (χ1) is 13.5. The molecule has 0 saturated carbocycles. The number of nitrogens with one attached hydrogen (secondary N) is 1. The summed E-state index contributed by atoms with van der Waals surface area (Å²) in [5.41, 5.74) is 2.56. The van der Waals surface area contributed by atoms with Crippen molar-refractivity contribution in [3.05, 3.63) is 45.9 Å². The number of halogens is 1. The number of rotatable bonds is 5. The fourth-order valence-corrected chi connectivity index (χ4v) is 4.20. The van der Waals surface area contributed by atoms with Gasteiger partial charge < -0.3 is 24.4 Å². The zero-order valence-corrected chi connectivity index (χ0v) is 18.1. The maximum atomic E-state index is 13.1. The second kappa shape index (κ2) is 8.73. The fraction of sp³-hybridized carbons (Fsp3) is 0.381. The second-order valence-corrected chi connectivity index (χ2v) is 7.61. The van der Waals surface area contributed by atoms with E-state index >= 15 is 0 Å². The van der Waals surface area contributed by atoms with Gasteiger partial charge in [-0.3, -0.25) is 0 Å². The van der Waals surface area contributed by atoms with Crippen LogP contribution in [0.3, 0.4) is 0 Å². The molecule has 3 rings (SSSR count). The summed E-state index contributed by atoms with van der Waals surface area (Å²) < 4.78 is 17.3. The number of amides is 2. The SMILES string of the molecule is COc1ccc(OC)c(C2CCCN2C(=O)Nc2c(C)cc(Br)cc2OC)c1. The Bertz CT molecular complexity index is 872. The van der Waals surface area contributed by atoms with E-state index in [0.717, 1.165) is 39.9 Å². The van der Waals surface area contributed by atoms with Crippen LogP contribution in [0.5, 0.6) is 17.2 Å². The highest BCUT2D eigenvalue weighted by Crippen LogP contribution is 2.40. The molecule has 0 radical (unpaired) electrons. The lowest BCUT2D eigenvalue weighted by atomic mass is 10.0. The van der Waals surface area contributed by atoms with Gasteiger partial charge in [0, 0.05) is 16.6 Å². The Balaban J connectivity index is 1.89. The van der Waals surface area contributed by atoms with Crippen LogP contribution in [0.15, 0.2) is 34.8 Å². The maximum Gasteiger partial charge on any atom is 0.322 e. The van der Waals surface area contributed by atoms with Crippen LogP contribution in [-0.4, -0.2) is 38.8 Å². The lowest BCUT2D eigenvalue weighted by molar-refractivity contribution is 0.206. The maximum absolute atomic E-state index is 13.1. The van der Waals surface area contributed by atoms with Crippen LogP contribution in [-0.2, 0) is 0 Å². The molecule has 1 aliphatic rings. The normalized spacial score (nSPS) is 16.0. The van der Waals surface area contributed by atoms with Gasteiger partial charge in [-0.15, -0.1) is 0 Å². The van der Waals surface area contributed by atoms with Crippen molar-refractivity contribution in [2.24, 2.45) is 0 Å². The van der Waals surface area contributed by atoms with Gasteiger partial charge in [0.05, 0.1) is 33.1 Å². The molecule has 2 amide bonds. The summed E-state index contributed by atoms with van der Waals surface area (Å²) in [6.45, 7) is 2.62. The van der Waals surface area contributed by atoms with Crippen LogP contribution >= 0.6 is 15.9 Å². The Labute approximate surface area is 173 Å². The number of hydrogen-bond acceptors (Lipinski definition) is 4. The summed E-state index contributed by atoms with van der Waals surface area (Å²) in [6, 6.07) is 9.24. The third-order valence-corrected chi connectivity index (χ3v) is 5.48. The topological polar surface area (TPSA) is 60.0 Å². The molecule has 1 saturated heterocycles. The molecule has 1 atom stereocenters. The summed E-state index contributed by atoms with van der Waals surface area (Å²) in [5, 5.41) is 3.03. The van der Waals surface area contributed by atoms with Gasteiger partial charge in [-0.1, -0.05) is 15.9 Å². The molecule has 1 heterocycles. The zero-order valence-electron chi connectivity index (χ0n) is 16.5. The highest BCUT2D eigenvalue weighted by molar-refractivity contribution is 9.10. The van der Waals surface area contributed by atoms with E-state index in [0.29, 0.717) is 18.0 Å². The summed E-state index contributed by atoms with van der Waals surface area (Å²) >= 11 is 3.46. The van der Waals surface area contributed by atoms with E-state index in [2.05, 4.69) is 21.2 Å². The first-order valence-corrected chi connectivity index (χ1v) is 9.91. The molecule has 2 aromatic rings. The lowest BCUT2D eigenvalue weighted by Gasteiger charge is -2.27. The average Bonchev–Trinajstić information content (AvgIpc) is 3.18. The minimum atomic E-state index is -0.156. The molecule has 1 aliphatic heterocycles. The molecule has 0 aliphatic carbocycles. The molecular weight excluding hydrogens is 424 g/mol. The number of anilines is 1. The predicted octanol–water partition coefficient (Wildman–Crippen LogP) is 5.15. The van der Waals surface area contributed by atoms with Gasteiger partial charge in [0.25, 0.3) is 0 Å². The third-order valence-electron chi connectivity index (χ3n) is 5.03. The van der Waals surface area contributed by atoms with E-state index in [1.165, 1.54) is 0 Å². The van der Waals surface area contributed by atoms with Crippen molar-refractivity contribution >= 4 is 27.6 Å². The highest BCUT2D eigenvalue weighted by Gasteiger charge is 2.33. The van der Waals surface area contributed by atoms with Gasteiger partial charge in [0.2, 0.25) is 0 Å². The van der Waals surface area contributed by atoms with Gasteiger partial charge in [-0.05, 0) is 55.7 Å². The van der Waals surface area contributed by atoms with E-state index in [1.807, 2.05) is 42.2 Å². The van der Waals surface area contributed by atoms with Crippen LogP contribution in [0.2, 0.25) is 0 Å². The second-order valence-electron chi connectivity index (χ2n) is 6.69. The van der Waals surface area contributed by atoms with E-state index < -0.39 is 0 Å². The summed E-state index contributed by atoms with van der Waals surface area (Å²) in [6.07, 6.45) is 1.79. The molecule has 0 bridgehead atoms. The van der Waals surface area contributed by atoms with Crippen molar-refractivity contribution in [1.29, 1.82) is 0 Å². The molecule has 0 spiro atoms. The number of methoxy groups -OCH3 is 3. The summed E-state index contributed by atoms with van der Waals surface area (Å²) in [4.78, 5) is 15.0. The molecule has 6 nitrogen and oxygen atoms in total. The monoisotopic (exact) mass is 448 g/mol. The number of likely N-dealkylation sites (tertiary alicyclic amines) is 1. The Morgan fingerprint density at radius 1 is 1.11 bits per heavy atom. The molecule has 1 unspecified atom stereocenters. The molecule has 1 fully saturated rings. The number of nitrogens with zero attached hydrogens (tertiary/aromatic N) is 1. The van der Waals surface area contributed by atoms with Gasteiger partial charge in [0.1, 0.15) is 17.2 Å². The van der Waals surface area contributed by atoms with E-state index in [-0.39, 0.29) is 12.1 Å². The molecule has 1 N–H and O–H groups in total. The lowest BCUT2D eigenvalue weighted by Crippen LogP contribution is -2.35. The van der Waals surface area contributed by atoms with Crippen molar-refractivity contribution in [1.82, 2.24) is 4.90 Å². The van der Waals surface area contributed by atoms with Crippen LogP contribution < -0.4 is 19.5 Å². The standard InChI is InChI=1S/C21H25BrN2O4/c1-13-10-14(22)11-19(28-4)20(13)23-21(25)24-9-5-6-17(24)16-12-15(26-2)7-8-18(16)27-3/h7-8,10-12,17H,5-6,9H2,1-4H3,(H,23,25). The summed E-state index contributed by atoms with van der Waals surface area (Å²) in [5.74, 6) is 2.12. The van der Waals surface area contributed by atoms with Crippen molar-refractivity contribution < 1.29 is 19.0 Å². The average molecular weight is 449 g/mol. The van der Waals surface area contributed by atoms with E-state index in [4.69, 9.17) is 14.2 Å². The van der Waals surface area contributed by atoms with Gasteiger partial charge in [0.15, 0.2) is 0 Å². The Morgan fingerprint density at radius 3 is 2.54 bits per heavy atom. The predicted molar refractivity (Wildman–Crippen MR) is 113 cm³/mol. The molecule has 28 heavy (non-hydrogen) atoms. The third kappa shape index (κ3) is 4.04. The highest BCUT2D eigenvalue weighted by atomic mass is 79.9. The Hall–Kier alpha value is -2.41. The smallest absolute Gasteiger partial charge is 0.322 e. The van der Waals surface area contributed by atoms with Gasteiger partial charge >= 0.3 is 6.03 Å². The van der Waals surface area contributed by atoms with Crippen molar-refractivity contribution in [2.75, 3.05) is 33.2 Å². The quantitative estimate of drug-likeness (QED) is 0.686. The summed E-state index contributed by atoms with van der Waals surface area (Å²) in [7, 11) is 4.87. The first-order valence-electron chi connectivity index (χ1n) is 9.12. The molecule has 150 valence electrons. The first kappa shape index (κ1) is 20.3. The Kier molecular flexibility index (Phi) is 6.34. The van der Waals surface area contributed by atoms with Gasteiger partial charge in [-0.25, -0.2) is 4.79 Å². The number of ether oxygens (including phenoxy) is 3. The minimum Gasteiger partial charge on any atom is -0.497 e. The molecular formula is C21H25BrN2O4. The van der Waals surface area contributed by atoms with Crippen LogP contribution in [0.25, 0.3) is 0 Å². The molecule has 2 aromatic carbocycles. The van der Waals surface area contributed by atoms with Crippen molar-refractivity contribution in [2.45, 2.75) is 25.8 Å². The molecule has 7 heteroatoms. The number of aryl methyl sites for hydroxylation is 1. The number of hydrogen-bond donors (Lipinski definition) is 1. The van der Waals surface area contributed by atoms with Crippen molar-refractivity contribution in [3.8, 4) is 17.2 Å². The fourth-order valence-electron chi connectivity index (χ4n) is 3.65. The minimum absolute atomic E-state index is 0.0770. The largest absolute Gasteiger partial charge is 0.497 e. The van der Waals surface area contributed by atoms with Gasteiger partial charge in [-0.2, -0.15) is 0 Å². The van der Waals surface area contributed by atoms with Crippen LogP contribution in [0, 0.1) is 6.92 Å². The van der Waals surface area contributed by atoms with E-state index in [1.54, 1.807) is 21.3 Å². The van der Waals surface area contributed by atoms with Crippen molar-refractivity contribution in [3.63, 3.8) is 0 Å². The number of benzene rings is 2. The Morgan fingerprint density at radius 2 is 1.86 bits per heavy atom. The zero-order chi connectivity index (χ0) is 20.3. The number of urea groups is 1. The van der Waals surface area contributed by atoms with Crippen LogP contribution in [0.1, 0.15) is 30.0 Å².